The Bertz CT molecular complexity index is 2260. The number of nitrogens with zero attached hydrogens (tertiary/aromatic N) is 4. The highest BCUT2D eigenvalue weighted by Crippen LogP contribution is 2.52. The number of benzene rings is 6. The minimum absolute atomic E-state index is 0.254. The first-order chi connectivity index (χ1) is 23.0. The highest BCUT2D eigenvalue weighted by molar-refractivity contribution is 5.94. The molecule has 0 atom stereocenters. The predicted molar refractivity (Wildman–Crippen MR) is 191 cm³/mol. The van der Waals surface area contributed by atoms with Crippen LogP contribution in [0.15, 0.2) is 158 Å². The molecule has 7 aromatic rings. The van der Waals surface area contributed by atoms with Crippen LogP contribution in [-0.2, 0) is 5.41 Å². The Labute approximate surface area is 275 Å². The van der Waals surface area contributed by atoms with Crippen LogP contribution < -0.4 is 4.90 Å². The highest BCUT2D eigenvalue weighted by Gasteiger charge is 2.37. The van der Waals surface area contributed by atoms with Crippen LogP contribution in [0.3, 0.4) is 0 Å². The maximum atomic E-state index is 9.74. The van der Waals surface area contributed by atoms with Gasteiger partial charge in [0.25, 0.3) is 0 Å². The summed E-state index contributed by atoms with van der Waals surface area (Å²) in [6.45, 7) is 4.49. The Hall–Kier alpha value is -6.18. The van der Waals surface area contributed by atoms with Gasteiger partial charge in [0.15, 0.2) is 0 Å². The van der Waals surface area contributed by atoms with Crippen LogP contribution >= 0.6 is 0 Å². The van der Waals surface area contributed by atoms with Gasteiger partial charge >= 0.3 is 0 Å². The molecule has 0 amide bonds. The van der Waals surface area contributed by atoms with Crippen LogP contribution in [0.5, 0.6) is 0 Å². The Morgan fingerprint density at radius 2 is 1.15 bits per heavy atom. The summed E-state index contributed by atoms with van der Waals surface area (Å²) < 4.78 is 2.08. The van der Waals surface area contributed by atoms with Crippen molar-refractivity contribution >= 4 is 17.1 Å². The third-order valence-electron chi connectivity index (χ3n) is 9.25. The van der Waals surface area contributed by atoms with Crippen LogP contribution in [0.2, 0.25) is 0 Å². The third-order valence-corrected chi connectivity index (χ3v) is 9.25. The number of aromatic nitrogens is 2. The third kappa shape index (κ3) is 4.72. The lowest BCUT2D eigenvalue weighted by Gasteiger charge is -2.42. The van der Waals surface area contributed by atoms with Crippen molar-refractivity contribution in [3.8, 4) is 45.4 Å². The average molecular weight is 605 g/mol. The molecular formula is C43H32N4. The molecule has 0 unspecified atom stereocenters. The van der Waals surface area contributed by atoms with Gasteiger partial charge in [-0.3, -0.25) is 0 Å². The molecule has 1 aliphatic heterocycles. The molecule has 4 heteroatoms. The number of rotatable bonds is 5. The van der Waals surface area contributed by atoms with E-state index in [9.17, 15) is 5.26 Å². The molecular weight excluding hydrogens is 573 g/mol. The van der Waals surface area contributed by atoms with Crippen molar-refractivity contribution in [3.05, 3.63) is 174 Å². The van der Waals surface area contributed by atoms with E-state index in [-0.39, 0.29) is 5.41 Å². The quantitative estimate of drug-likeness (QED) is 0.196. The Morgan fingerprint density at radius 1 is 0.553 bits per heavy atom. The van der Waals surface area contributed by atoms with Gasteiger partial charge in [-0.25, -0.2) is 4.68 Å². The molecule has 0 bridgehead atoms. The molecule has 0 spiro atoms. The lowest BCUT2D eigenvalue weighted by molar-refractivity contribution is 0.631. The normalized spacial score (nSPS) is 13.0. The first-order valence-electron chi connectivity index (χ1n) is 15.9. The molecule has 0 saturated heterocycles. The fourth-order valence-corrected chi connectivity index (χ4v) is 6.94. The number of fused-ring (bicyclic) bond motifs is 2. The molecule has 8 rings (SSSR count). The molecule has 1 aliphatic rings. The van der Waals surface area contributed by atoms with Crippen molar-refractivity contribution < 1.29 is 0 Å². The van der Waals surface area contributed by atoms with Crippen LogP contribution in [0.4, 0.5) is 17.1 Å². The lowest BCUT2D eigenvalue weighted by Crippen LogP contribution is -2.30. The van der Waals surface area contributed by atoms with E-state index in [1.807, 2.05) is 24.3 Å². The van der Waals surface area contributed by atoms with Gasteiger partial charge in [-0.1, -0.05) is 123 Å². The van der Waals surface area contributed by atoms with Crippen molar-refractivity contribution in [1.82, 2.24) is 9.78 Å². The number of anilines is 3. The highest BCUT2D eigenvalue weighted by atomic mass is 15.3. The fourth-order valence-electron chi connectivity index (χ4n) is 6.94. The molecule has 224 valence electrons. The summed E-state index contributed by atoms with van der Waals surface area (Å²) in [6, 6.07) is 57.1. The van der Waals surface area contributed by atoms with Crippen molar-refractivity contribution in [1.29, 1.82) is 5.26 Å². The van der Waals surface area contributed by atoms with Crippen molar-refractivity contribution in [2.45, 2.75) is 19.3 Å². The summed E-state index contributed by atoms with van der Waals surface area (Å²) in [5.41, 5.74) is 13.4. The standard InChI is InChI=1S/C43H32N4/c1-43(2)36-20-12-13-21-38(36)46(39-27-22-30(29-44)28-37(39)43)34-25-23-31(24-26-34)40-41(32-14-6-3-7-15-32)45-47(35-18-10-5-11-19-35)42(40)33-16-8-4-9-17-33/h3-28H,1-2H3. The molecule has 47 heavy (non-hydrogen) atoms. The molecule has 1 aromatic heterocycles. The molecule has 0 saturated carbocycles. The van der Waals surface area contributed by atoms with E-state index >= 15 is 0 Å². The minimum Gasteiger partial charge on any atom is -0.310 e. The van der Waals surface area contributed by atoms with Gasteiger partial charge in [0.05, 0.1) is 34.4 Å². The summed E-state index contributed by atoms with van der Waals surface area (Å²) in [6.07, 6.45) is 0. The second-order valence-electron chi connectivity index (χ2n) is 12.4. The fraction of sp³-hybridized carbons (Fsp3) is 0.0698. The summed E-state index contributed by atoms with van der Waals surface area (Å²) in [5, 5.41) is 15.0. The van der Waals surface area contributed by atoms with Crippen molar-refractivity contribution in [2.24, 2.45) is 0 Å². The molecule has 0 fully saturated rings. The molecule has 0 N–H and O–H groups in total. The summed E-state index contributed by atoms with van der Waals surface area (Å²) in [4.78, 5) is 2.32. The lowest BCUT2D eigenvalue weighted by atomic mass is 9.73. The van der Waals surface area contributed by atoms with E-state index in [1.165, 1.54) is 5.56 Å². The Balaban J connectivity index is 1.34. The number of para-hydroxylation sites is 2. The molecule has 6 aromatic carbocycles. The molecule has 0 aliphatic carbocycles. The van der Waals surface area contributed by atoms with Gasteiger partial charge in [-0.05, 0) is 65.2 Å². The Kier molecular flexibility index (Phi) is 6.82. The van der Waals surface area contributed by atoms with Gasteiger partial charge in [-0.15, -0.1) is 0 Å². The topological polar surface area (TPSA) is 44.9 Å². The zero-order valence-corrected chi connectivity index (χ0v) is 26.3. The minimum atomic E-state index is -0.254. The van der Waals surface area contributed by atoms with Crippen LogP contribution in [0.1, 0.15) is 30.5 Å². The van der Waals surface area contributed by atoms with E-state index in [1.54, 1.807) is 0 Å². The summed E-state index contributed by atoms with van der Waals surface area (Å²) in [7, 11) is 0. The van der Waals surface area contributed by atoms with Gasteiger partial charge in [0.2, 0.25) is 0 Å². The monoisotopic (exact) mass is 604 g/mol. The van der Waals surface area contributed by atoms with Gasteiger partial charge in [0, 0.05) is 27.8 Å². The zero-order chi connectivity index (χ0) is 32.0. The largest absolute Gasteiger partial charge is 0.310 e. The zero-order valence-electron chi connectivity index (χ0n) is 26.3. The summed E-state index contributed by atoms with van der Waals surface area (Å²) >= 11 is 0. The van der Waals surface area contributed by atoms with E-state index in [0.717, 1.165) is 62.0 Å². The second kappa shape index (κ2) is 11.3. The van der Waals surface area contributed by atoms with Gasteiger partial charge < -0.3 is 4.90 Å². The van der Waals surface area contributed by atoms with Crippen LogP contribution in [0, 0.1) is 11.3 Å². The summed E-state index contributed by atoms with van der Waals surface area (Å²) in [5.74, 6) is 0. The molecule has 4 nitrogen and oxygen atoms in total. The van der Waals surface area contributed by atoms with Crippen LogP contribution in [0.25, 0.3) is 39.3 Å². The van der Waals surface area contributed by atoms with Crippen molar-refractivity contribution in [3.63, 3.8) is 0 Å². The predicted octanol–water partition coefficient (Wildman–Crippen LogP) is 10.9. The van der Waals surface area contributed by atoms with Gasteiger partial charge in [0.1, 0.15) is 5.69 Å². The number of hydrogen-bond donors (Lipinski definition) is 0. The Morgan fingerprint density at radius 3 is 1.83 bits per heavy atom. The van der Waals surface area contributed by atoms with Crippen LogP contribution in [-0.4, -0.2) is 9.78 Å². The van der Waals surface area contributed by atoms with E-state index < -0.39 is 0 Å². The second-order valence-corrected chi connectivity index (χ2v) is 12.4. The maximum absolute atomic E-state index is 9.74. The van der Waals surface area contributed by atoms with E-state index in [4.69, 9.17) is 5.10 Å². The maximum Gasteiger partial charge on any atom is 0.101 e. The molecule has 0 radical (unpaired) electrons. The van der Waals surface area contributed by atoms with Gasteiger partial charge in [-0.2, -0.15) is 10.4 Å². The first-order valence-corrected chi connectivity index (χ1v) is 15.9. The smallest absolute Gasteiger partial charge is 0.101 e. The molecule has 2 heterocycles. The number of nitriles is 1. The van der Waals surface area contributed by atoms with Crippen molar-refractivity contribution in [2.75, 3.05) is 4.90 Å². The number of hydrogen-bond acceptors (Lipinski definition) is 3. The first kappa shape index (κ1) is 28.3. The van der Waals surface area contributed by atoms with E-state index in [0.29, 0.717) is 5.56 Å². The average Bonchev–Trinajstić information content (AvgIpc) is 3.54. The van der Waals surface area contributed by atoms with E-state index in [2.05, 4.69) is 163 Å². The SMILES string of the molecule is CC1(C)c2ccccc2N(c2ccc(-c3c(-c4ccccc4)nn(-c4ccccc4)c3-c3ccccc3)cc2)c2ccc(C#N)cc21.